The van der Waals surface area contributed by atoms with Gasteiger partial charge in [0.2, 0.25) is 0 Å². The third kappa shape index (κ3) is 2.86. The molecular weight excluding hydrogens is 261 g/mol. The van der Waals surface area contributed by atoms with E-state index in [2.05, 4.69) is 0 Å². The SMILES string of the molecule is Cc1cc(C(O)C(CN)c2ccccc2F)sc1C. The second-order valence-corrected chi connectivity index (χ2v) is 5.98. The summed E-state index contributed by atoms with van der Waals surface area (Å²) in [5.74, 6) is -0.736. The molecule has 0 spiro atoms. The van der Waals surface area contributed by atoms with E-state index < -0.39 is 12.0 Å². The van der Waals surface area contributed by atoms with Crippen LogP contribution < -0.4 is 5.73 Å². The zero-order valence-corrected chi connectivity index (χ0v) is 11.9. The number of aliphatic hydroxyl groups excluding tert-OH is 1. The maximum Gasteiger partial charge on any atom is 0.126 e. The van der Waals surface area contributed by atoms with Crippen LogP contribution in [0.4, 0.5) is 4.39 Å². The van der Waals surface area contributed by atoms with Gasteiger partial charge in [-0.2, -0.15) is 0 Å². The van der Waals surface area contributed by atoms with E-state index in [0.717, 1.165) is 10.4 Å². The molecule has 2 unspecified atom stereocenters. The molecule has 102 valence electrons. The Morgan fingerprint density at radius 1 is 1.32 bits per heavy atom. The summed E-state index contributed by atoms with van der Waals surface area (Å²) < 4.78 is 13.8. The Hall–Kier alpha value is -1.23. The molecule has 1 aromatic carbocycles. The molecule has 0 aliphatic carbocycles. The minimum Gasteiger partial charge on any atom is -0.387 e. The van der Waals surface area contributed by atoms with E-state index >= 15 is 0 Å². The average Bonchev–Trinajstić information content (AvgIpc) is 2.73. The number of nitrogens with two attached hydrogens (primary N) is 1. The van der Waals surface area contributed by atoms with E-state index in [1.807, 2.05) is 19.9 Å². The third-order valence-electron chi connectivity index (χ3n) is 3.42. The summed E-state index contributed by atoms with van der Waals surface area (Å²) in [4.78, 5) is 2.01. The van der Waals surface area contributed by atoms with Crippen LogP contribution in [-0.4, -0.2) is 11.7 Å². The van der Waals surface area contributed by atoms with Crippen LogP contribution in [0.25, 0.3) is 0 Å². The van der Waals surface area contributed by atoms with Gasteiger partial charge in [-0.25, -0.2) is 4.39 Å². The zero-order valence-electron chi connectivity index (χ0n) is 11.1. The van der Waals surface area contributed by atoms with Gasteiger partial charge in [0, 0.05) is 22.2 Å². The second kappa shape index (κ2) is 5.82. The molecule has 0 fully saturated rings. The first-order chi connectivity index (χ1) is 9.04. The summed E-state index contributed by atoms with van der Waals surface area (Å²) in [6.07, 6.45) is -0.765. The Balaban J connectivity index is 2.34. The smallest absolute Gasteiger partial charge is 0.126 e. The van der Waals surface area contributed by atoms with Crippen molar-refractivity contribution in [1.29, 1.82) is 0 Å². The van der Waals surface area contributed by atoms with Crippen LogP contribution in [0.1, 0.15) is 32.9 Å². The fraction of sp³-hybridized carbons (Fsp3) is 0.333. The highest BCUT2D eigenvalue weighted by molar-refractivity contribution is 7.12. The van der Waals surface area contributed by atoms with Crippen LogP contribution in [0.2, 0.25) is 0 Å². The summed E-state index contributed by atoms with van der Waals surface area (Å²) >= 11 is 1.54. The molecule has 0 saturated carbocycles. The lowest BCUT2D eigenvalue weighted by Gasteiger charge is -2.21. The first kappa shape index (κ1) is 14.2. The highest BCUT2D eigenvalue weighted by Gasteiger charge is 2.25. The molecule has 0 saturated heterocycles. The molecule has 4 heteroatoms. The Morgan fingerprint density at radius 2 is 2.00 bits per heavy atom. The van der Waals surface area contributed by atoms with Crippen molar-refractivity contribution in [3.63, 3.8) is 0 Å². The van der Waals surface area contributed by atoms with Crippen molar-refractivity contribution in [2.45, 2.75) is 25.9 Å². The Kier molecular flexibility index (Phi) is 4.34. The fourth-order valence-electron chi connectivity index (χ4n) is 2.15. The second-order valence-electron chi connectivity index (χ2n) is 4.70. The van der Waals surface area contributed by atoms with E-state index in [0.29, 0.717) is 5.56 Å². The first-order valence-corrected chi connectivity index (χ1v) is 7.05. The average molecular weight is 279 g/mol. The largest absolute Gasteiger partial charge is 0.387 e. The standard InChI is InChI=1S/C15H18FNOS/c1-9-7-14(19-10(9)2)15(18)12(8-17)11-5-3-4-6-13(11)16/h3-7,12,15,18H,8,17H2,1-2H3. The number of rotatable bonds is 4. The summed E-state index contributed by atoms with van der Waals surface area (Å²) in [7, 11) is 0. The number of hydrogen-bond donors (Lipinski definition) is 2. The zero-order chi connectivity index (χ0) is 14.0. The van der Waals surface area contributed by atoms with E-state index in [-0.39, 0.29) is 12.4 Å². The number of halogens is 1. The van der Waals surface area contributed by atoms with Crippen molar-refractivity contribution in [3.8, 4) is 0 Å². The minimum atomic E-state index is -0.765. The van der Waals surface area contributed by atoms with E-state index in [4.69, 9.17) is 5.73 Å². The lowest BCUT2D eigenvalue weighted by Crippen LogP contribution is -2.20. The maximum atomic E-state index is 13.8. The Morgan fingerprint density at radius 3 is 2.53 bits per heavy atom. The summed E-state index contributed by atoms with van der Waals surface area (Å²) in [5.41, 5.74) is 7.35. The first-order valence-electron chi connectivity index (χ1n) is 6.24. The van der Waals surface area contributed by atoms with Gasteiger partial charge in [-0.3, -0.25) is 0 Å². The molecule has 2 nitrogen and oxygen atoms in total. The van der Waals surface area contributed by atoms with Crippen LogP contribution in [-0.2, 0) is 0 Å². The predicted molar refractivity (Wildman–Crippen MR) is 76.9 cm³/mol. The molecule has 2 aromatic rings. The number of benzene rings is 1. The van der Waals surface area contributed by atoms with E-state index in [1.165, 1.54) is 22.3 Å². The van der Waals surface area contributed by atoms with Crippen molar-refractivity contribution >= 4 is 11.3 Å². The van der Waals surface area contributed by atoms with Gasteiger partial charge >= 0.3 is 0 Å². The van der Waals surface area contributed by atoms with Crippen LogP contribution in [0.15, 0.2) is 30.3 Å². The van der Waals surface area contributed by atoms with Crippen molar-refractivity contribution in [3.05, 3.63) is 57.0 Å². The monoisotopic (exact) mass is 279 g/mol. The molecule has 19 heavy (non-hydrogen) atoms. The predicted octanol–water partition coefficient (Wildman–Crippen LogP) is 3.28. The quantitative estimate of drug-likeness (QED) is 0.902. The van der Waals surface area contributed by atoms with Gasteiger partial charge in [0.25, 0.3) is 0 Å². The van der Waals surface area contributed by atoms with Gasteiger partial charge < -0.3 is 10.8 Å². The number of thiophene rings is 1. The topological polar surface area (TPSA) is 46.2 Å². The molecule has 1 aromatic heterocycles. The van der Waals surface area contributed by atoms with Crippen molar-refractivity contribution < 1.29 is 9.50 Å². The van der Waals surface area contributed by atoms with Crippen LogP contribution >= 0.6 is 11.3 Å². The molecule has 2 atom stereocenters. The summed E-state index contributed by atoms with van der Waals surface area (Å²) in [6, 6.07) is 8.43. The number of aryl methyl sites for hydroxylation is 2. The van der Waals surface area contributed by atoms with Gasteiger partial charge in [0.05, 0.1) is 6.10 Å². The van der Waals surface area contributed by atoms with Gasteiger partial charge in [0.1, 0.15) is 5.82 Å². The van der Waals surface area contributed by atoms with E-state index in [9.17, 15) is 9.50 Å². The van der Waals surface area contributed by atoms with Gasteiger partial charge in [0.15, 0.2) is 0 Å². The molecule has 0 radical (unpaired) electrons. The lowest BCUT2D eigenvalue weighted by atomic mass is 9.92. The van der Waals surface area contributed by atoms with Gasteiger partial charge in [-0.05, 0) is 37.1 Å². The molecule has 0 bridgehead atoms. The molecule has 3 N–H and O–H groups in total. The maximum absolute atomic E-state index is 13.8. The Bertz CT molecular complexity index is 548. The normalized spacial score (nSPS) is 14.4. The van der Waals surface area contributed by atoms with E-state index in [1.54, 1.807) is 18.2 Å². The van der Waals surface area contributed by atoms with Crippen LogP contribution in [0, 0.1) is 19.7 Å². The molecule has 0 amide bonds. The minimum absolute atomic E-state index is 0.206. The van der Waals surface area contributed by atoms with Crippen molar-refractivity contribution in [2.24, 2.45) is 5.73 Å². The summed E-state index contributed by atoms with van der Waals surface area (Å²) in [6.45, 7) is 4.22. The Labute approximate surface area is 116 Å². The number of hydrogen-bond acceptors (Lipinski definition) is 3. The van der Waals surface area contributed by atoms with Crippen molar-refractivity contribution in [1.82, 2.24) is 0 Å². The molecule has 0 aliphatic heterocycles. The fourth-order valence-corrected chi connectivity index (χ4v) is 3.24. The van der Waals surface area contributed by atoms with Crippen molar-refractivity contribution in [2.75, 3.05) is 6.54 Å². The third-order valence-corrected chi connectivity index (χ3v) is 4.64. The molecular formula is C15H18FNOS. The molecule has 1 heterocycles. The highest BCUT2D eigenvalue weighted by Crippen LogP contribution is 2.36. The van der Waals surface area contributed by atoms with Gasteiger partial charge in [-0.1, -0.05) is 18.2 Å². The van der Waals surface area contributed by atoms with Crippen LogP contribution in [0.5, 0.6) is 0 Å². The highest BCUT2D eigenvalue weighted by atomic mass is 32.1. The molecule has 2 rings (SSSR count). The van der Waals surface area contributed by atoms with Crippen LogP contribution in [0.3, 0.4) is 0 Å². The summed E-state index contributed by atoms with van der Waals surface area (Å²) in [5, 5.41) is 10.5. The molecule has 0 aliphatic rings. The lowest BCUT2D eigenvalue weighted by molar-refractivity contribution is 0.149. The number of aliphatic hydroxyl groups is 1. The van der Waals surface area contributed by atoms with Gasteiger partial charge in [-0.15, -0.1) is 11.3 Å².